The number of nitrogens with zero attached hydrogens (tertiary/aromatic N) is 4. The largest absolute Gasteiger partial charge is 0.396 e. The Hall–Kier alpha value is -3.00. The van der Waals surface area contributed by atoms with Gasteiger partial charge in [0.2, 0.25) is 0 Å². The molecular weight excluding hydrogens is 386 g/mol. The maximum absolute atomic E-state index is 11.7. The van der Waals surface area contributed by atoms with E-state index in [1.54, 1.807) is 18.3 Å². The lowest BCUT2D eigenvalue weighted by molar-refractivity contribution is 0.141. The molecule has 0 saturated heterocycles. The Morgan fingerprint density at radius 3 is 2.90 bits per heavy atom. The van der Waals surface area contributed by atoms with Crippen LogP contribution in [0.4, 0.5) is 0 Å². The van der Waals surface area contributed by atoms with E-state index in [0.29, 0.717) is 17.5 Å². The average molecular weight is 410 g/mol. The van der Waals surface area contributed by atoms with Crippen LogP contribution >= 0.6 is 11.8 Å². The second-order valence-electron chi connectivity index (χ2n) is 6.47. The van der Waals surface area contributed by atoms with Gasteiger partial charge in [-0.1, -0.05) is 23.0 Å². The van der Waals surface area contributed by atoms with Crippen molar-refractivity contribution in [3.63, 3.8) is 0 Å². The van der Waals surface area contributed by atoms with Gasteiger partial charge in [0.05, 0.1) is 17.1 Å². The number of H-pyrrole nitrogens is 1. The van der Waals surface area contributed by atoms with Crippen LogP contribution in [0.15, 0.2) is 57.7 Å². The number of rotatable bonds is 8. The molecule has 0 spiro atoms. The molecule has 0 radical (unpaired) electrons. The molecule has 8 heteroatoms. The molecule has 0 aliphatic rings. The van der Waals surface area contributed by atoms with Crippen molar-refractivity contribution >= 4 is 17.5 Å². The van der Waals surface area contributed by atoms with Crippen molar-refractivity contribution in [3.8, 4) is 11.4 Å². The molecule has 0 atom stereocenters. The molecule has 7 nitrogen and oxygen atoms in total. The smallest absolute Gasteiger partial charge is 0.187 e. The molecule has 0 bridgehead atoms. The number of aromatic nitrogens is 4. The van der Waals surface area contributed by atoms with E-state index in [9.17, 15) is 4.79 Å². The van der Waals surface area contributed by atoms with E-state index in [0.717, 1.165) is 41.3 Å². The van der Waals surface area contributed by atoms with E-state index in [1.165, 1.54) is 11.8 Å². The van der Waals surface area contributed by atoms with Crippen molar-refractivity contribution in [1.82, 2.24) is 19.9 Å². The van der Waals surface area contributed by atoms with E-state index >= 15 is 0 Å². The molecule has 3 aromatic heterocycles. The van der Waals surface area contributed by atoms with Gasteiger partial charge in [0.25, 0.3) is 0 Å². The molecular formula is C21H23N5O2S. The Labute approximate surface area is 173 Å². The third-order valence-corrected chi connectivity index (χ3v) is 4.68. The van der Waals surface area contributed by atoms with E-state index in [2.05, 4.69) is 25.1 Å². The van der Waals surface area contributed by atoms with E-state index in [4.69, 9.17) is 4.84 Å². The first-order valence-corrected chi connectivity index (χ1v) is 10.5. The number of pyridine rings is 2. The number of thioether (sulfide) groups is 1. The van der Waals surface area contributed by atoms with Gasteiger partial charge >= 0.3 is 0 Å². The topological polar surface area (TPSA) is 93.1 Å². The minimum absolute atomic E-state index is 0.0292. The first kappa shape index (κ1) is 20.7. The Morgan fingerprint density at radius 1 is 1.24 bits per heavy atom. The zero-order valence-corrected chi connectivity index (χ0v) is 17.5. The van der Waals surface area contributed by atoms with Crippen LogP contribution in [-0.2, 0) is 11.3 Å². The van der Waals surface area contributed by atoms with Crippen LogP contribution < -0.4 is 5.43 Å². The number of aryl methyl sites for hydroxylation is 2. The van der Waals surface area contributed by atoms with E-state index < -0.39 is 0 Å². The summed E-state index contributed by atoms with van der Waals surface area (Å²) in [4.78, 5) is 33.5. The summed E-state index contributed by atoms with van der Waals surface area (Å²) in [5.41, 5.74) is 4.67. The SMILES string of the molecule is CSc1nccc(/C(C)=N/OCCCc2cccc(-c3cc(=O)cc(C)[nH]3)n2)n1. The summed E-state index contributed by atoms with van der Waals surface area (Å²) in [6.07, 6.45) is 5.18. The van der Waals surface area contributed by atoms with Gasteiger partial charge in [-0.2, -0.15) is 0 Å². The van der Waals surface area contributed by atoms with Gasteiger partial charge in [0, 0.05) is 29.7 Å². The number of hydrogen-bond acceptors (Lipinski definition) is 7. The first-order valence-electron chi connectivity index (χ1n) is 9.26. The molecule has 0 aromatic carbocycles. The molecule has 0 amide bonds. The molecule has 0 aliphatic carbocycles. The maximum atomic E-state index is 11.7. The van der Waals surface area contributed by atoms with E-state index in [1.807, 2.05) is 44.4 Å². The number of nitrogens with one attached hydrogen (secondary N) is 1. The third kappa shape index (κ3) is 5.99. The molecule has 3 aromatic rings. The van der Waals surface area contributed by atoms with Crippen LogP contribution in [0.2, 0.25) is 0 Å². The summed E-state index contributed by atoms with van der Waals surface area (Å²) in [5.74, 6) is 0. The standard InChI is InChI=1S/C21H23N5O2S/c1-14-12-17(27)13-20(23-14)19-8-4-6-16(24-19)7-5-11-28-26-15(2)18-9-10-22-21(25-18)29-3/h4,6,8-10,12-13H,5,7,11H2,1-3H3,(H,23,27)/b26-15+. The zero-order chi connectivity index (χ0) is 20.6. The van der Waals surface area contributed by atoms with Crippen molar-refractivity contribution in [2.75, 3.05) is 12.9 Å². The number of aromatic amines is 1. The fourth-order valence-corrected chi connectivity index (χ4v) is 3.09. The van der Waals surface area contributed by atoms with Crippen LogP contribution in [0, 0.1) is 6.92 Å². The minimum Gasteiger partial charge on any atom is -0.396 e. The Kier molecular flexibility index (Phi) is 7.13. The summed E-state index contributed by atoms with van der Waals surface area (Å²) in [7, 11) is 0. The summed E-state index contributed by atoms with van der Waals surface area (Å²) in [5, 5.41) is 4.85. The molecule has 0 saturated carbocycles. The predicted molar refractivity (Wildman–Crippen MR) is 115 cm³/mol. The van der Waals surface area contributed by atoms with Crippen molar-refractivity contribution in [1.29, 1.82) is 0 Å². The maximum Gasteiger partial charge on any atom is 0.187 e. The van der Waals surface area contributed by atoms with Crippen molar-refractivity contribution in [2.45, 2.75) is 31.8 Å². The third-order valence-electron chi connectivity index (χ3n) is 4.12. The lowest BCUT2D eigenvalue weighted by atomic mass is 10.2. The fraction of sp³-hybridized carbons (Fsp3) is 0.286. The van der Waals surface area contributed by atoms with Gasteiger partial charge in [-0.3, -0.25) is 9.78 Å². The summed E-state index contributed by atoms with van der Waals surface area (Å²) in [6, 6.07) is 10.7. The Balaban J connectivity index is 1.55. The number of hydrogen-bond donors (Lipinski definition) is 1. The molecule has 150 valence electrons. The predicted octanol–water partition coefficient (Wildman–Crippen LogP) is 3.63. The average Bonchev–Trinajstić information content (AvgIpc) is 2.73. The van der Waals surface area contributed by atoms with Gasteiger partial charge in [-0.25, -0.2) is 9.97 Å². The summed E-state index contributed by atoms with van der Waals surface area (Å²) >= 11 is 1.49. The van der Waals surface area contributed by atoms with Crippen LogP contribution in [0.1, 0.15) is 30.4 Å². The molecule has 0 aliphatic heterocycles. The normalized spacial score (nSPS) is 11.5. The highest BCUT2D eigenvalue weighted by atomic mass is 32.2. The summed E-state index contributed by atoms with van der Waals surface area (Å²) in [6.45, 7) is 4.20. The number of oxime groups is 1. The van der Waals surface area contributed by atoms with Gasteiger partial charge in [0.1, 0.15) is 12.3 Å². The molecule has 1 N–H and O–H groups in total. The minimum atomic E-state index is -0.0292. The van der Waals surface area contributed by atoms with Crippen LogP contribution in [0.3, 0.4) is 0 Å². The van der Waals surface area contributed by atoms with Crippen LogP contribution in [0.25, 0.3) is 11.4 Å². The van der Waals surface area contributed by atoms with Crippen LogP contribution in [-0.4, -0.2) is 38.5 Å². The van der Waals surface area contributed by atoms with Crippen molar-refractivity contribution < 1.29 is 4.84 Å². The second-order valence-corrected chi connectivity index (χ2v) is 7.24. The van der Waals surface area contributed by atoms with Crippen molar-refractivity contribution in [3.05, 3.63) is 69.9 Å². The van der Waals surface area contributed by atoms with Gasteiger partial charge in [-0.15, -0.1) is 0 Å². The van der Waals surface area contributed by atoms with Crippen molar-refractivity contribution in [2.24, 2.45) is 5.16 Å². The molecule has 0 unspecified atom stereocenters. The lowest BCUT2D eigenvalue weighted by Gasteiger charge is -2.06. The molecule has 3 rings (SSSR count). The monoisotopic (exact) mass is 409 g/mol. The molecule has 0 fully saturated rings. The summed E-state index contributed by atoms with van der Waals surface area (Å²) < 4.78 is 0. The van der Waals surface area contributed by atoms with Gasteiger partial charge < -0.3 is 9.82 Å². The van der Waals surface area contributed by atoms with Gasteiger partial charge in [-0.05, 0) is 51.1 Å². The highest BCUT2D eigenvalue weighted by molar-refractivity contribution is 7.98. The molecule has 29 heavy (non-hydrogen) atoms. The highest BCUT2D eigenvalue weighted by Crippen LogP contribution is 2.14. The second kappa shape index (κ2) is 9.97. The van der Waals surface area contributed by atoms with Gasteiger partial charge in [0.15, 0.2) is 10.6 Å². The van der Waals surface area contributed by atoms with Crippen LogP contribution in [0.5, 0.6) is 0 Å². The molecule has 3 heterocycles. The zero-order valence-electron chi connectivity index (χ0n) is 16.7. The lowest BCUT2D eigenvalue weighted by Crippen LogP contribution is -2.04. The Bertz CT molecular complexity index is 1060. The highest BCUT2D eigenvalue weighted by Gasteiger charge is 2.05. The fourth-order valence-electron chi connectivity index (χ4n) is 2.74. The first-order chi connectivity index (χ1) is 14.0. The Morgan fingerprint density at radius 2 is 2.10 bits per heavy atom. The van der Waals surface area contributed by atoms with E-state index in [-0.39, 0.29) is 5.43 Å². The quantitative estimate of drug-likeness (QED) is 0.201.